The van der Waals surface area contributed by atoms with Crippen molar-refractivity contribution in [3.63, 3.8) is 0 Å². The Morgan fingerprint density at radius 2 is 1.57 bits per heavy atom. The topological polar surface area (TPSA) is 74.6 Å². The van der Waals surface area contributed by atoms with Gasteiger partial charge in [0.05, 0.1) is 5.92 Å². The molecule has 2 unspecified atom stereocenters. The lowest BCUT2D eigenvalue weighted by Crippen LogP contribution is -2.26. The first-order chi connectivity index (χ1) is 11.0. The number of aliphatic carboxylic acids is 2. The summed E-state index contributed by atoms with van der Waals surface area (Å²) >= 11 is 0. The van der Waals surface area contributed by atoms with Gasteiger partial charge in [-0.25, -0.2) is 0 Å². The molecule has 0 radical (unpaired) electrons. The van der Waals surface area contributed by atoms with Crippen LogP contribution in [0, 0.1) is 11.8 Å². The van der Waals surface area contributed by atoms with Crippen LogP contribution < -0.4 is 0 Å². The summed E-state index contributed by atoms with van der Waals surface area (Å²) in [6.07, 6.45) is 12.5. The molecule has 0 fully saturated rings. The average molecular weight is 326 g/mol. The third-order valence-electron chi connectivity index (χ3n) is 4.42. The van der Waals surface area contributed by atoms with E-state index in [0.717, 1.165) is 57.8 Å². The van der Waals surface area contributed by atoms with Crippen molar-refractivity contribution in [1.82, 2.24) is 0 Å². The molecule has 0 aliphatic carbocycles. The quantitative estimate of drug-likeness (QED) is 0.299. The molecule has 0 saturated carbocycles. The van der Waals surface area contributed by atoms with Crippen molar-refractivity contribution in [2.45, 2.75) is 84.0 Å². The molecule has 0 bridgehead atoms. The van der Waals surface area contributed by atoms with Crippen LogP contribution in [-0.2, 0) is 9.59 Å². The van der Waals surface area contributed by atoms with Gasteiger partial charge in [0, 0.05) is 6.42 Å². The van der Waals surface area contributed by atoms with Crippen LogP contribution in [0.5, 0.6) is 0 Å². The van der Waals surface area contributed by atoms with Crippen LogP contribution >= 0.6 is 0 Å². The van der Waals surface area contributed by atoms with E-state index in [0.29, 0.717) is 12.8 Å². The van der Waals surface area contributed by atoms with E-state index in [1.54, 1.807) is 0 Å². The van der Waals surface area contributed by atoms with Gasteiger partial charge < -0.3 is 10.2 Å². The molecule has 0 saturated heterocycles. The van der Waals surface area contributed by atoms with E-state index in [9.17, 15) is 14.7 Å². The Hall–Kier alpha value is -1.32. The van der Waals surface area contributed by atoms with Gasteiger partial charge in [-0.15, -0.1) is 6.58 Å². The zero-order valence-corrected chi connectivity index (χ0v) is 14.6. The molecule has 0 amide bonds. The van der Waals surface area contributed by atoms with Gasteiger partial charge in [0.15, 0.2) is 0 Å². The summed E-state index contributed by atoms with van der Waals surface area (Å²) in [6.45, 7) is 5.79. The fourth-order valence-electron chi connectivity index (χ4n) is 3.07. The summed E-state index contributed by atoms with van der Waals surface area (Å²) in [5, 5.41) is 18.5. The molecule has 4 heteroatoms. The molecule has 134 valence electrons. The van der Waals surface area contributed by atoms with Crippen molar-refractivity contribution < 1.29 is 19.8 Å². The van der Waals surface area contributed by atoms with Crippen molar-refractivity contribution in [2.75, 3.05) is 0 Å². The second-order valence-electron chi connectivity index (χ2n) is 6.43. The van der Waals surface area contributed by atoms with Crippen LogP contribution in [-0.4, -0.2) is 22.2 Å². The van der Waals surface area contributed by atoms with E-state index in [4.69, 9.17) is 5.11 Å². The number of carboxylic acids is 2. The molecule has 4 nitrogen and oxygen atoms in total. The Morgan fingerprint density at radius 3 is 2.13 bits per heavy atom. The third-order valence-corrected chi connectivity index (χ3v) is 4.42. The van der Waals surface area contributed by atoms with E-state index in [1.165, 1.54) is 0 Å². The van der Waals surface area contributed by atoms with E-state index in [1.807, 2.05) is 6.08 Å². The normalized spacial score (nSPS) is 13.4. The maximum Gasteiger partial charge on any atom is 0.306 e. The van der Waals surface area contributed by atoms with Gasteiger partial charge >= 0.3 is 11.9 Å². The van der Waals surface area contributed by atoms with Gasteiger partial charge in [-0.3, -0.25) is 9.59 Å². The van der Waals surface area contributed by atoms with Gasteiger partial charge in [-0.2, -0.15) is 0 Å². The smallest absolute Gasteiger partial charge is 0.306 e. The van der Waals surface area contributed by atoms with Crippen LogP contribution in [0.25, 0.3) is 0 Å². The predicted molar refractivity (Wildman–Crippen MR) is 93.5 cm³/mol. The highest BCUT2D eigenvalue weighted by Gasteiger charge is 2.29. The molecule has 2 atom stereocenters. The van der Waals surface area contributed by atoms with E-state index < -0.39 is 17.9 Å². The Kier molecular flexibility index (Phi) is 13.5. The minimum atomic E-state index is -0.887. The zero-order valence-electron chi connectivity index (χ0n) is 14.6. The van der Waals surface area contributed by atoms with Crippen molar-refractivity contribution in [2.24, 2.45) is 11.8 Å². The molecule has 23 heavy (non-hydrogen) atoms. The summed E-state index contributed by atoms with van der Waals surface area (Å²) in [6, 6.07) is 0. The highest BCUT2D eigenvalue weighted by atomic mass is 16.4. The first-order valence-corrected chi connectivity index (χ1v) is 9.08. The summed E-state index contributed by atoms with van der Waals surface area (Å²) in [5.41, 5.74) is 0. The lowest BCUT2D eigenvalue weighted by atomic mass is 9.82. The molecular formula is C19H34O4. The van der Waals surface area contributed by atoms with E-state index in [2.05, 4.69) is 13.5 Å². The van der Waals surface area contributed by atoms with Crippen LogP contribution in [0.15, 0.2) is 12.7 Å². The molecular weight excluding hydrogens is 292 g/mol. The lowest BCUT2D eigenvalue weighted by Gasteiger charge is -2.22. The van der Waals surface area contributed by atoms with Gasteiger partial charge in [0.1, 0.15) is 0 Å². The SMILES string of the molecule is C=CCCCCCCCC(C(=O)O)C(CCCCC)CC(=O)O. The highest BCUT2D eigenvalue weighted by molar-refractivity contribution is 5.72. The second kappa shape index (κ2) is 14.3. The number of carboxylic acid groups (broad SMARTS) is 2. The van der Waals surface area contributed by atoms with Crippen LogP contribution in [0.1, 0.15) is 84.0 Å². The monoisotopic (exact) mass is 326 g/mol. The first kappa shape index (κ1) is 21.7. The van der Waals surface area contributed by atoms with Crippen molar-refractivity contribution in [3.05, 3.63) is 12.7 Å². The van der Waals surface area contributed by atoms with Crippen molar-refractivity contribution >= 4 is 11.9 Å². The Labute approximate surface area is 141 Å². The Balaban J connectivity index is 4.30. The summed E-state index contributed by atoms with van der Waals surface area (Å²) in [4.78, 5) is 22.6. The van der Waals surface area contributed by atoms with Crippen molar-refractivity contribution in [1.29, 1.82) is 0 Å². The first-order valence-electron chi connectivity index (χ1n) is 9.08. The standard InChI is InChI=1S/C19H34O4/c1-3-5-7-8-9-10-12-14-17(19(22)23)16(15-18(20)21)13-11-6-4-2/h3,16-17H,1,4-15H2,2H3,(H,20,21)(H,22,23). The highest BCUT2D eigenvalue weighted by Crippen LogP contribution is 2.28. The fraction of sp³-hybridized carbons (Fsp3) is 0.789. The van der Waals surface area contributed by atoms with Gasteiger partial charge in [0.2, 0.25) is 0 Å². The van der Waals surface area contributed by atoms with Crippen molar-refractivity contribution in [3.8, 4) is 0 Å². The molecule has 0 aromatic rings. The molecule has 2 N–H and O–H groups in total. The molecule has 0 rings (SSSR count). The fourth-order valence-corrected chi connectivity index (χ4v) is 3.07. The van der Waals surface area contributed by atoms with E-state index in [-0.39, 0.29) is 12.3 Å². The lowest BCUT2D eigenvalue weighted by molar-refractivity contribution is -0.146. The molecule has 0 aromatic heterocycles. The number of carbonyl (C=O) groups is 2. The molecule has 0 heterocycles. The van der Waals surface area contributed by atoms with Crippen LogP contribution in [0.3, 0.4) is 0 Å². The summed E-state index contributed by atoms with van der Waals surface area (Å²) in [5.74, 6) is -2.48. The molecule has 0 aliphatic rings. The van der Waals surface area contributed by atoms with Gasteiger partial charge in [-0.05, 0) is 31.6 Å². The number of hydrogen-bond donors (Lipinski definition) is 2. The summed E-state index contributed by atoms with van der Waals surface area (Å²) < 4.78 is 0. The van der Waals surface area contributed by atoms with Crippen LogP contribution in [0.2, 0.25) is 0 Å². The second-order valence-corrected chi connectivity index (χ2v) is 6.43. The maximum absolute atomic E-state index is 11.6. The minimum Gasteiger partial charge on any atom is -0.481 e. The summed E-state index contributed by atoms with van der Waals surface area (Å²) in [7, 11) is 0. The number of rotatable bonds is 16. The average Bonchev–Trinajstić information content (AvgIpc) is 2.48. The molecule has 0 aliphatic heterocycles. The Morgan fingerprint density at radius 1 is 0.957 bits per heavy atom. The predicted octanol–water partition coefficient (Wildman–Crippen LogP) is 5.28. The molecule has 0 aromatic carbocycles. The zero-order chi connectivity index (χ0) is 17.5. The number of hydrogen-bond acceptors (Lipinski definition) is 2. The number of unbranched alkanes of at least 4 members (excludes halogenated alkanes) is 7. The van der Waals surface area contributed by atoms with Crippen LogP contribution in [0.4, 0.5) is 0 Å². The van der Waals surface area contributed by atoms with E-state index >= 15 is 0 Å². The molecule has 0 spiro atoms. The third kappa shape index (κ3) is 11.8. The Bertz CT molecular complexity index is 338. The largest absolute Gasteiger partial charge is 0.481 e. The van der Waals surface area contributed by atoms with Gasteiger partial charge in [-0.1, -0.05) is 57.9 Å². The van der Waals surface area contributed by atoms with Gasteiger partial charge in [0.25, 0.3) is 0 Å². The minimum absolute atomic E-state index is 0.0278. The number of allylic oxidation sites excluding steroid dienone is 1. The maximum atomic E-state index is 11.6.